The van der Waals surface area contributed by atoms with Crippen LogP contribution in [0.5, 0.6) is 0 Å². The highest BCUT2D eigenvalue weighted by Gasteiger charge is 2.10. The van der Waals surface area contributed by atoms with Crippen LogP contribution in [-0.2, 0) is 4.79 Å². The maximum Gasteiger partial charge on any atom is 0.249 e. The third kappa shape index (κ3) is 3.88. The fourth-order valence-corrected chi connectivity index (χ4v) is 2.78. The number of benzene rings is 1. The molecule has 0 spiro atoms. The normalized spacial score (nSPS) is 11.5. The molecule has 0 saturated carbocycles. The van der Waals surface area contributed by atoms with Gasteiger partial charge >= 0.3 is 0 Å². The molecule has 6 nitrogen and oxygen atoms in total. The lowest BCUT2D eigenvalue weighted by molar-refractivity contribution is -0.111. The van der Waals surface area contributed by atoms with E-state index in [1.807, 2.05) is 18.2 Å². The first-order valence-corrected chi connectivity index (χ1v) is 8.58. The summed E-state index contributed by atoms with van der Waals surface area (Å²) in [5, 5.41) is 2.81. The molecule has 0 aliphatic rings. The van der Waals surface area contributed by atoms with Gasteiger partial charge in [0.05, 0.1) is 0 Å². The van der Waals surface area contributed by atoms with Gasteiger partial charge in [-0.25, -0.2) is 4.98 Å². The number of nitrogens with zero attached hydrogens (tertiary/aromatic N) is 3. The average molecular weight is 374 g/mol. The number of thiol groups is 1. The largest absolute Gasteiger partial charge is 0.435 e. The molecule has 3 aromatic heterocycles. The molecule has 27 heavy (non-hydrogen) atoms. The van der Waals surface area contributed by atoms with Crippen molar-refractivity contribution in [3.63, 3.8) is 0 Å². The molecular weight excluding hydrogens is 360 g/mol. The van der Waals surface area contributed by atoms with E-state index in [2.05, 4.69) is 32.9 Å². The smallest absolute Gasteiger partial charge is 0.249 e. The second-order valence-electron chi connectivity index (χ2n) is 5.67. The number of nitrogens with one attached hydrogen (secondary N) is 1. The summed E-state index contributed by atoms with van der Waals surface area (Å²) >= 11 is 4.37. The van der Waals surface area contributed by atoms with Crippen LogP contribution in [0.15, 0.2) is 77.6 Å². The second kappa shape index (κ2) is 7.43. The highest BCUT2D eigenvalue weighted by Crippen LogP contribution is 2.25. The van der Waals surface area contributed by atoms with Crippen LogP contribution in [-0.4, -0.2) is 20.9 Å². The summed E-state index contributed by atoms with van der Waals surface area (Å²) in [6.07, 6.45) is 6.40. The first kappa shape index (κ1) is 17.0. The van der Waals surface area contributed by atoms with Crippen molar-refractivity contribution in [3.05, 3.63) is 78.8 Å². The molecular formula is C20H14N4O2S. The van der Waals surface area contributed by atoms with Gasteiger partial charge in [0.2, 0.25) is 11.8 Å². The zero-order valence-electron chi connectivity index (χ0n) is 14.0. The average Bonchev–Trinajstić information content (AvgIpc) is 3.12. The number of pyridine rings is 2. The number of hydrogen-bond donors (Lipinski definition) is 2. The summed E-state index contributed by atoms with van der Waals surface area (Å²) in [5.41, 5.74) is 3.34. The number of aromatic nitrogens is 3. The Hall–Kier alpha value is -3.45. The molecule has 0 unspecified atom stereocenters. The molecule has 4 aromatic rings. The number of carbonyl (C=O) groups is 1. The van der Waals surface area contributed by atoms with Crippen molar-refractivity contribution in [2.75, 3.05) is 5.32 Å². The summed E-state index contributed by atoms with van der Waals surface area (Å²) < 4.78 is 5.72. The SMILES string of the molecule is O=C(/C=C(\S)c1ccncc1)Nc1ccc2oc(-c3ccccn3)nc2c1. The Labute approximate surface area is 160 Å². The van der Waals surface area contributed by atoms with Crippen molar-refractivity contribution >= 4 is 40.2 Å². The highest BCUT2D eigenvalue weighted by molar-refractivity contribution is 7.90. The van der Waals surface area contributed by atoms with Crippen LogP contribution in [0.1, 0.15) is 5.56 Å². The van der Waals surface area contributed by atoms with E-state index < -0.39 is 0 Å². The topological polar surface area (TPSA) is 80.9 Å². The lowest BCUT2D eigenvalue weighted by Crippen LogP contribution is -2.08. The van der Waals surface area contributed by atoms with Gasteiger partial charge in [0.25, 0.3) is 0 Å². The summed E-state index contributed by atoms with van der Waals surface area (Å²) in [6, 6.07) is 14.4. The van der Waals surface area contributed by atoms with Gasteiger partial charge in [-0.15, -0.1) is 12.6 Å². The van der Waals surface area contributed by atoms with Gasteiger partial charge in [0.15, 0.2) is 5.58 Å². The number of carbonyl (C=O) groups excluding carboxylic acids is 1. The summed E-state index contributed by atoms with van der Waals surface area (Å²) in [6.45, 7) is 0. The van der Waals surface area contributed by atoms with Crippen LogP contribution < -0.4 is 5.32 Å². The fourth-order valence-electron chi connectivity index (χ4n) is 2.51. The molecule has 1 amide bonds. The Kier molecular flexibility index (Phi) is 4.67. The standard InChI is InChI=1S/C20H14N4O2S/c25-19(12-18(27)13-6-9-21-10-7-13)23-14-4-5-17-16(11-14)24-20(26-17)15-3-1-2-8-22-15/h1-12,27H,(H,23,25)/b18-12-. The molecule has 132 valence electrons. The Morgan fingerprint density at radius 2 is 1.93 bits per heavy atom. The van der Waals surface area contributed by atoms with Gasteiger partial charge in [0.1, 0.15) is 11.2 Å². The van der Waals surface area contributed by atoms with Gasteiger partial charge in [-0.2, -0.15) is 0 Å². The van der Waals surface area contributed by atoms with E-state index >= 15 is 0 Å². The fraction of sp³-hybridized carbons (Fsp3) is 0. The third-order valence-electron chi connectivity index (χ3n) is 3.78. The van der Waals surface area contributed by atoms with Crippen molar-refractivity contribution in [1.82, 2.24) is 15.0 Å². The van der Waals surface area contributed by atoms with Crippen LogP contribution in [0.3, 0.4) is 0 Å². The van der Waals surface area contributed by atoms with E-state index in [1.165, 1.54) is 6.08 Å². The third-order valence-corrected chi connectivity index (χ3v) is 4.17. The Morgan fingerprint density at radius 1 is 1.07 bits per heavy atom. The Bertz CT molecular complexity index is 1120. The molecule has 0 bridgehead atoms. The summed E-state index contributed by atoms with van der Waals surface area (Å²) in [4.78, 5) is 25.4. The minimum absolute atomic E-state index is 0.287. The van der Waals surface area contributed by atoms with Gasteiger partial charge in [-0.05, 0) is 48.0 Å². The van der Waals surface area contributed by atoms with Crippen LogP contribution in [0.4, 0.5) is 5.69 Å². The number of oxazole rings is 1. The minimum Gasteiger partial charge on any atom is -0.435 e. The molecule has 0 saturated heterocycles. The molecule has 0 radical (unpaired) electrons. The maximum atomic E-state index is 12.3. The number of hydrogen-bond acceptors (Lipinski definition) is 6. The Morgan fingerprint density at radius 3 is 2.70 bits per heavy atom. The maximum absolute atomic E-state index is 12.3. The van der Waals surface area contributed by atoms with E-state index in [1.54, 1.807) is 48.9 Å². The first-order chi connectivity index (χ1) is 13.2. The molecule has 7 heteroatoms. The number of amides is 1. The lowest BCUT2D eigenvalue weighted by atomic mass is 10.2. The zero-order valence-corrected chi connectivity index (χ0v) is 14.9. The molecule has 0 atom stereocenters. The zero-order chi connectivity index (χ0) is 18.6. The summed E-state index contributed by atoms with van der Waals surface area (Å²) in [5.74, 6) is 0.147. The van der Waals surface area contributed by atoms with Crippen LogP contribution in [0.2, 0.25) is 0 Å². The van der Waals surface area contributed by atoms with Gasteiger partial charge in [0, 0.05) is 35.3 Å². The van der Waals surface area contributed by atoms with E-state index in [-0.39, 0.29) is 5.91 Å². The van der Waals surface area contributed by atoms with Gasteiger partial charge in [-0.3, -0.25) is 14.8 Å². The Balaban J connectivity index is 1.55. The molecule has 4 rings (SSSR count). The predicted molar refractivity (Wildman–Crippen MR) is 107 cm³/mol. The number of fused-ring (bicyclic) bond motifs is 1. The molecule has 3 heterocycles. The summed E-state index contributed by atoms with van der Waals surface area (Å²) in [7, 11) is 0. The lowest BCUT2D eigenvalue weighted by Gasteiger charge is -2.03. The molecule has 0 aliphatic carbocycles. The van der Waals surface area contributed by atoms with Gasteiger partial charge < -0.3 is 9.73 Å². The van der Waals surface area contributed by atoms with Crippen molar-refractivity contribution < 1.29 is 9.21 Å². The number of anilines is 1. The van der Waals surface area contributed by atoms with Crippen molar-refractivity contribution in [1.29, 1.82) is 0 Å². The van der Waals surface area contributed by atoms with Crippen LogP contribution in [0, 0.1) is 0 Å². The molecule has 0 aliphatic heterocycles. The minimum atomic E-state index is -0.287. The van der Waals surface area contributed by atoms with E-state index in [0.717, 1.165) is 5.56 Å². The molecule has 0 fully saturated rings. The van der Waals surface area contributed by atoms with Crippen LogP contribution >= 0.6 is 12.6 Å². The monoisotopic (exact) mass is 374 g/mol. The van der Waals surface area contributed by atoms with E-state index in [9.17, 15) is 4.79 Å². The van der Waals surface area contributed by atoms with Crippen molar-refractivity contribution in [2.45, 2.75) is 0 Å². The quantitative estimate of drug-likeness (QED) is 0.413. The van der Waals surface area contributed by atoms with Crippen LogP contribution in [0.25, 0.3) is 27.6 Å². The van der Waals surface area contributed by atoms with Crippen molar-refractivity contribution in [3.8, 4) is 11.6 Å². The highest BCUT2D eigenvalue weighted by atomic mass is 32.1. The van der Waals surface area contributed by atoms with E-state index in [4.69, 9.17) is 4.42 Å². The van der Waals surface area contributed by atoms with Crippen molar-refractivity contribution in [2.24, 2.45) is 0 Å². The first-order valence-electron chi connectivity index (χ1n) is 8.13. The predicted octanol–water partition coefficient (Wildman–Crippen LogP) is 4.19. The number of rotatable bonds is 4. The molecule has 1 aromatic carbocycles. The second-order valence-corrected chi connectivity index (χ2v) is 6.15. The van der Waals surface area contributed by atoms with Gasteiger partial charge in [-0.1, -0.05) is 6.07 Å². The molecule has 1 N–H and O–H groups in total. The van der Waals surface area contributed by atoms with E-state index in [0.29, 0.717) is 33.3 Å².